The van der Waals surface area contributed by atoms with Crippen LogP contribution in [0.1, 0.15) is 5.56 Å². The maximum absolute atomic E-state index is 4.16. The van der Waals surface area contributed by atoms with E-state index < -0.39 is 0 Å². The minimum absolute atomic E-state index is 0.832. The molecule has 0 bridgehead atoms. The highest BCUT2D eigenvalue weighted by Crippen LogP contribution is 2.14. The van der Waals surface area contributed by atoms with E-state index in [0.717, 1.165) is 17.5 Å². The van der Waals surface area contributed by atoms with E-state index in [2.05, 4.69) is 34.3 Å². The quantitative estimate of drug-likeness (QED) is 0.499. The Hall–Kier alpha value is -1.55. The van der Waals surface area contributed by atoms with E-state index in [1.807, 2.05) is 18.2 Å². The van der Waals surface area contributed by atoms with Gasteiger partial charge in [0.15, 0.2) is 5.16 Å². The van der Waals surface area contributed by atoms with Crippen molar-refractivity contribution in [2.24, 2.45) is 0 Å². The van der Waals surface area contributed by atoms with Gasteiger partial charge in [0.25, 0.3) is 0 Å². The van der Waals surface area contributed by atoms with E-state index in [0.29, 0.717) is 0 Å². The van der Waals surface area contributed by atoms with Crippen molar-refractivity contribution in [2.75, 3.05) is 17.6 Å². The number of aromatic nitrogens is 2. The molecule has 0 aliphatic carbocycles. The molecule has 88 valence electrons. The molecule has 0 spiro atoms. The molecule has 4 heteroatoms. The second-order valence-electron chi connectivity index (χ2n) is 3.62. The summed E-state index contributed by atoms with van der Waals surface area (Å²) in [5, 5.41) is 4.24. The largest absolute Gasteiger partial charge is 0.384 e. The van der Waals surface area contributed by atoms with Gasteiger partial charge in [-0.15, -0.1) is 0 Å². The van der Waals surface area contributed by atoms with E-state index in [1.165, 1.54) is 11.3 Å². The lowest BCUT2D eigenvalue weighted by atomic mass is 10.2. The van der Waals surface area contributed by atoms with Gasteiger partial charge in [-0.3, -0.25) is 0 Å². The SMILES string of the molecule is Cc1ccccc1NCCSc1ncccn1. The van der Waals surface area contributed by atoms with Crippen LogP contribution in [0.2, 0.25) is 0 Å². The summed E-state index contributed by atoms with van der Waals surface area (Å²) in [5.74, 6) is 0.957. The van der Waals surface area contributed by atoms with Crippen LogP contribution in [-0.4, -0.2) is 22.3 Å². The van der Waals surface area contributed by atoms with E-state index in [1.54, 1.807) is 24.2 Å². The van der Waals surface area contributed by atoms with Gasteiger partial charge in [0.2, 0.25) is 0 Å². The highest BCUT2D eigenvalue weighted by atomic mass is 32.2. The van der Waals surface area contributed by atoms with Crippen LogP contribution in [0.4, 0.5) is 5.69 Å². The van der Waals surface area contributed by atoms with Crippen molar-refractivity contribution >= 4 is 17.4 Å². The van der Waals surface area contributed by atoms with Gasteiger partial charge in [0, 0.05) is 30.4 Å². The molecule has 0 saturated heterocycles. The number of hydrogen-bond donors (Lipinski definition) is 1. The van der Waals surface area contributed by atoms with Crippen LogP contribution in [0.25, 0.3) is 0 Å². The lowest BCUT2D eigenvalue weighted by Gasteiger charge is -2.08. The zero-order chi connectivity index (χ0) is 11.9. The number of benzene rings is 1. The van der Waals surface area contributed by atoms with Gasteiger partial charge in [0.05, 0.1) is 0 Å². The van der Waals surface area contributed by atoms with E-state index in [4.69, 9.17) is 0 Å². The average molecular weight is 245 g/mol. The Kier molecular flexibility index (Phi) is 4.38. The van der Waals surface area contributed by atoms with Crippen molar-refractivity contribution in [3.63, 3.8) is 0 Å². The third-order valence-electron chi connectivity index (χ3n) is 2.34. The van der Waals surface area contributed by atoms with Crippen LogP contribution < -0.4 is 5.32 Å². The first-order valence-corrected chi connectivity index (χ1v) is 6.54. The lowest BCUT2D eigenvalue weighted by molar-refractivity contribution is 0.966. The molecule has 0 aliphatic heterocycles. The fraction of sp³-hybridized carbons (Fsp3) is 0.231. The molecule has 2 rings (SSSR count). The summed E-state index contributed by atoms with van der Waals surface area (Å²) in [4.78, 5) is 8.33. The normalized spacial score (nSPS) is 10.2. The lowest BCUT2D eigenvalue weighted by Crippen LogP contribution is -2.05. The van der Waals surface area contributed by atoms with Crippen LogP contribution in [0.3, 0.4) is 0 Å². The predicted octanol–water partition coefficient (Wildman–Crippen LogP) is 2.99. The van der Waals surface area contributed by atoms with Gasteiger partial charge >= 0.3 is 0 Å². The summed E-state index contributed by atoms with van der Waals surface area (Å²) in [6.45, 7) is 3.02. The van der Waals surface area contributed by atoms with E-state index >= 15 is 0 Å². The number of thioether (sulfide) groups is 1. The molecule has 0 fully saturated rings. The van der Waals surface area contributed by atoms with Gasteiger partial charge in [-0.05, 0) is 24.6 Å². The van der Waals surface area contributed by atoms with Crippen LogP contribution in [-0.2, 0) is 0 Å². The Morgan fingerprint density at radius 1 is 1.12 bits per heavy atom. The molecule has 1 aromatic carbocycles. The third-order valence-corrected chi connectivity index (χ3v) is 3.21. The zero-order valence-electron chi connectivity index (χ0n) is 9.76. The summed E-state index contributed by atoms with van der Waals surface area (Å²) < 4.78 is 0. The van der Waals surface area contributed by atoms with Crippen molar-refractivity contribution < 1.29 is 0 Å². The Bertz CT molecular complexity index is 459. The van der Waals surface area contributed by atoms with Gasteiger partial charge in [0.1, 0.15) is 0 Å². The van der Waals surface area contributed by atoms with Crippen molar-refractivity contribution in [1.29, 1.82) is 0 Å². The molecule has 0 amide bonds. The maximum atomic E-state index is 4.16. The highest BCUT2D eigenvalue weighted by molar-refractivity contribution is 7.99. The fourth-order valence-electron chi connectivity index (χ4n) is 1.46. The molecule has 0 aliphatic rings. The molecular weight excluding hydrogens is 230 g/mol. The Balaban J connectivity index is 1.76. The molecule has 3 nitrogen and oxygen atoms in total. The first-order chi connectivity index (χ1) is 8.36. The van der Waals surface area contributed by atoms with E-state index in [9.17, 15) is 0 Å². The van der Waals surface area contributed by atoms with Crippen molar-refractivity contribution in [2.45, 2.75) is 12.1 Å². The number of aryl methyl sites for hydroxylation is 1. The van der Waals surface area contributed by atoms with Crippen LogP contribution >= 0.6 is 11.8 Å². The van der Waals surface area contributed by atoms with Crippen molar-refractivity contribution in [3.05, 3.63) is 48.3 Å². The maximum Gasteiger partial charge on any atom is 0.187 e. The standard InChI is InChI=1S/C13H15N3S/c1-11-5-2-3-6-12(11)14-9-10-17-13-15-7-4-8-16-13/h2-8,14H,9-10H2,1H3. The molecule has 2 aromatic rings. The monoisotopic (exact) mass is 245 g/mol. The molecule has 17 heavy (non-hydrogen) atoms. The molecule has 1 heterocycles. The predicted molar refractivity (Wildman–Crippen MR) is 72.4 cm³/mol. The number of rotatable bonds is 5. The first-order valence-electron chi connectivity index (χ1n) is 5.55. The molecule has 0 unspecified atom stereocenters. The van der Waals surface area contributed by atoms with Gasteiger partial charge in [-0.2, -0.15) is 0 Å². The Labute approximate surface area is 106 Å². The van der Waals surface area contributed by atoms with Gasteiger partial charge in [-0.25, -0.2) is 9.97 Å². The molecule has 0 radical (unpaired) electrons. The minimum Gasteiger partial charge on any atom is -0.384 e. The van der Waals surface area contributed by atoms with Crippen LogP contribution in [0.15, 0.2) is 47.9 Å². The van der Waals surface area contributed by atoms with Crippen molar-refractivity contribution in [3.8, 4) is 0 Å². The molecular formula is C13H15N3S. The van der Waals surface area contributed by atoms with Crippen molar-refractivity contribution in [1.82, 2.24) is 9.97 Å². The number of nitrogens with zero attached hydrogens (tertiary/aromatic N) is 2. The molecule has 0 atom stereocenters. The molecule has 0 saturated carbocycles. The average Bonchev–Trinajstić information content (AvgIpc) is 2.38. The zero-order valence-corrected chi connectivity index (χ0v) is 10.6. The summed E-state index contributed by atoms with van der Waals surface area (Å²) in [7, 11) is 0. The second-order valence-corrected chi connectivity index (χ2v) is 4.68. The summed E-state index contributed by atoms with van der Waals surface area (Å²) in [6.07, 6.45) is 3.54. The topological polar surface area (TPSA) is 37.8 Å². The number of nitrogens with one attached hydrogen (secondary N) is 1. The van der Waals surface area contributed by atoms with E-state index in [-0.39, 0.29) is 0 Å². The minimum atomic E-state index is 0.832. The van der Waals surface area contributed by atoms with Crippen LogP contribution in [0, 0.1) is 6.92 Å². The molecule has 1 N–H and O–H groups in total. The molecule has 1 aromatic heterocycles. The fourth-order valence-corrected chi connectivity index (χ4v) is 2.12. The van der Waals surface area contributed by atoms with Gasteiger partial charge in [-0.1, -0.05) is 30.0 Å². The van der Waals surface area contributed by atoms with Gasteiger partial charge < -0.3 is 5.32 Å². The Morgan fingerprint density at radius 3 is 2.65 bits per heavy atom. The smallest absolute Gasteiger partial charge is 0.187 e. The Morgan fingerprint density at radius 2 is 1.88 bits per heavy atom. The number of anilines is 1. The van der Waals surface area contributed by atoms with Crippen LogP contribution in [0.5, 0.6) is 0 Å². The summed E-state index contributed by atoms with van der Waals surface area (Å²) in [5.41, 5.74) is 2.47. The summed E-state index contributed by atoms with van der Waals surface area (Å²) in [6, 6.07) is 10.1. The summed E-state index contributed by atoms with van der Waals surface area (Å²) >= 11 is 1.66. The second kappa shape index (κ2) is 6.25. The number of para-hydroxylation sites is 1. The first kappa shape index (κ1) is 11.9. The number of hydrogen-bond acceptors (Lipinski definition) is 4. The third kappa shape index (κ3) is 3.75. The highest BCUT2D eigenvalue weighted by Gasteiger charge is 1.97.